The first-order valence-electron chi connectivity index (χ1n) is 5.80. The third-order valence-electron chi connectivity index (χ3n) is 2.61. The number of nitro benzene ring substituents is 1. The largest absolute Gasteiger partial charge is 0.480 e. The van der Waals surface area contributed by atoms with Gasteiger partial charge >= 0.3 is 5.69 Å². The summed E-state index contributed by atoms with van der Waals surface area (Å²) in [7, 11) is 1.74. The van der Waals surface area contributed by atoms with Crippen LogP contribution in [-0.2, 0) is 6.61 Å². The van der Waals surface area contributed by atoms with Gasteiger partial charge in [-0.15, -0.1) is 0 Å². The third-order valence-corrected chi connectivity index (χ3v) is 2.61. The summed E-state index contributed by atoms with van der Waals surface area (Å²) in [5.74, 6) is -0.445. The maximum absolute atomic E-state index is 13.6. The highest BCUT2D eigenvalue weighted by molar-refractivity contribution is 5.47. The van der Waals surface area contributed by atoms with Gasteiger partial charge in [-0.3, -0.25) is 10.1 Å². The highest BCUT2D eigenvalue weighted by Crippen LogP contribution is 2.30. The molecule has 104 valence electrons. The molecule has 0 aliphatic carbocycles. The van der Waals surface area contributed by atoms with Gasteiger partial charge < -0.3 is 10.1 Å². The number of hydrogen-bond donors (Lipinski definition) is 1. The molecular formula is C13H12FN3O3. The van der Waals surface area contributed by atoms with E-state index in [2.05, 4.69) is 10.3 Å². The van der Waals surface area contributed by atoms with Crippen LogP contribution in [0, 0.1) is 15.9 Å². The smallest absolute Gasteiger partial charge is 0.314 e. The number of anilines is 1. The van der Waals surface area contributed by atoms with E-state index in [1.165, 1.54) is 12.1 Å². The van der Waals surface area contributed by atoms with E-state index >= 15 is 0 Å². The van der Waals surface area contributed by atoms with Crippen molar-refractivity contribution < 1.29 is 14.1 Å². The molecule has 0 spiro atoms. The van der Waals surface area contributed by atoms with E-state index in [-0.39, 0.29) is 12.4 Å². The quantitative estimate of drug-likeness (QED) is 0.671. The zero-order valence-electron chi connectivity index (χ0n) is 10.7. The summed E-state index contributed by atoms with van der Waals surface area (Å²) < 4.78 is 18.8. The Morgan fingerprint density at radius 3 is 2.80 bits per heavy atom. The topological polar surface area (TPSA) is 77.3 Å². The van der Waals surface area contributed by atoms with Gasteiger partial charge in [-0.2, -0.15) is 0 Å². The first-order chi connectivity index (χ1) is 9.61. The second-order valence-electron chi connectivity index (χ2n) is 3.94. The van der Waals surface area contributed by atoms with E-state index in [0.29, 0.717) is 11.4 Å². The highest BCUT2D eigenvalue weighted by Gasteiger charge is 2.19. The monoisotopic (exact) mass is 277 g/mol. The highest BCUT2D eigenvalue weighted by atomic mass is 19.1. The van der Waals surface area contributed by atoms with Crippen molar-refractivity contribution >= 4 is 11.5 Å². The van der Waals surface area contributed by atoms with Crippen molar-refractivity contribution in [1.29, 1.82) is 0 Å². The van der Waals surface area contributed by atoms with Crippen molar-refractivity contribution in [1.82, 2.24) is 4.98 Å². The number of pyridine rings is 1. The zero-order valence-corrected chi connectivity index (χ0v) is 10.7. The maximum atomic E-state index is 13.6. The number of nitro groups is 1. The number of rotatable bonds is 5. The molecule has 0 bridgehead atoms. The van der Waals surface area contributed by atoms with Crippen LogP contribution in [0.15, 0.2) is 36.5 Å². The molecule has 1 heterocycles. The molecule has 0 aliphatic heterocycles. The molecule has 2 rings (SSSR count). The molecule has 2 aromatic rings. The number of hydrogen-bond acceptors (Lipinski definition) is 5. The van der Waals surface area contributed by atoms with Crippen LogP contribution in [-0.4, -0.2) is 17.0 Å². The molecule has 0 saturated heterocycles. The van der Waals surface area contributed by atoms with Gasteiger partial charge in [0.2, 0.25) is 5.75 Å². The van der Waals surface area contributed by atoms with E-state index in [1.54, 1.807) is 25.4 Å². The Balaban J connectivity index is 2.16. The lowest BCUT2D eigenvalue weighted by molar-refractivity contribution is -0.386. The predicted molar refractivity (Wildman–Crippen MR) is 71.2 cm³/mol. The second-order valence-corrected chi connectivity index (χ2v) is 3.94. The SMILES string of the molecule is CNc1ccc(COc2c(F)cccc2[N+](=O)[O-])cn1. The minimum absolute atomic E-state index is 0.00122. The average molecular weight is 277 g/mol. The minimum atomic E-state index is -0.765. The molecule has 0 saturated carbocycles. The molecular weight excluding hydrogens is 265 g/mol. The van der Waals surface area contributed by atoms with Gasteiger partial charge in [0.15, 0.2) is 5.82 Å². The number of nitrogens with zero attached hydrogens (tertiary/aromatic N) is 2. The molecule has 1 aromatic carbocycles. The standard InChI is InChI=1S/C13H12FN3O3/c1-15-12-6-5-9(7-16-12)8-20-13-10(14)3-2-4-11(13)17(18)19/h2-7H,8H2,1H3,(H,15,16). The van der Waals surface area contributed by atoms with Crippen LogP contribution in [0.2, 0.25) is 0 Å². The summed E-state index contributed by atoms with van der Waals surface area (Å²) in [4.78, 5) is 14.2. The van der Waals surface area contributed by atoms with Crippen LogP contribution in [0.3, 0.4) is 0 Å². The van der Waals surface area contributed by atoms with E-state index in [4.69, 9.17) is 4.74 Å². The van der Waals surface area contributed by atoms with E-state index < -0.39 is 16.4 Å². The Morgan fingerprint density at radius 2 is 2.20 bits per heavy atom. The first-order valence-corrected chi connectivity index (χ1v) is 5.80. The summed E-state index contributed by atoms with van der Waals surface area (Å²) in [6.45, 7) is -0.00122. The van der Waals surface area contributed by atoms with Gasteiger partial charge in [-0.05, 0) is 12.1 Å². The molecule has 0 unspecified atom stereocenters. The molecule has 1 N–H and O–H groups in total. The summed E-state index contributed by atoms with van der Waals surface area (Å²) in [5, 5.41) is 13.7. The normalized spacial score (nSPS) is 10.1. The van der Waals surface area contributed by atoms with Gasteiger partial charge in [0.25, 0.3) is 0 Å². The molecule has 0 aliphatic rings. The van der Waals surface area contributed by atoms with Gasteiger partial charge in [-0.25, -0.2) is 9.37 Å². The summed E-state index contributed by atoms with van der Waals surface area (Å²) in [6.07, 6.45) is 1.55. The van der Waals surface area contributed by atoms with Crippen LogP contribution in [0.5, 0.6) is 5.75 Å². The Hall–Kier alpha value is -2.70. The van der Waals surface area contributed by atoms with Crippen LogP contribution in [0.25, 0.3) is 0 Å². The number of ether oxygens (including phenoxy) is 1. The first kappa shape index (κ1) is 13.7. The van der Waals surface area contributed by atoms with Crippen molar-refractivity contribution in [3.63, 3.8) is 0 Å². The van der Waals surface area contributed by atoms with Gasteiger partial charge in [0, 0.05) is 24.9 Å². The van der Waals surface area contributed by atoms with Crippen LogP contribution >= 0.6 is 0 Å². The molecule has 0 amide bonds. The summed E-state index contributed by atoms with van der Waals surface area (Å²) in [5.41, 5.74) is 0.284. The van der Waals surface area contributed by atoms with Gasteiger partial charge in [-0.1, -0.05) is 12.1 Å². The molecule has 0 atom stereocenters. The number of aromatic nitrogens is 1. The lowest BCUT2D eigenvalue weighted by Crippen LogP contribution is -2.02. The molecule has 0 fully saturated rings. The van der Waals surface area contributed by atoms with Gasteiger partial charge in [0.05, 0.1) is 4.92 Å². The number of nitrogens with one attached hydrogen (secondary N) is 1. The van der Waals surface area contributed by atoms with Crippen LogP contribution in [0.4, 0.5) is 15.9 Å². The molecule has 1 aromatic heterocycles. The second kappa shape index (κ2) is 5.96. The molecule has 20 heavy (non-hydrogen) atoms. The Morgan fingerprint density at radius 1 is 1.40 bits per heavy atom. The minimum Gasteiger partial charge on any atom is -0.480 e. The fourth-order valence-electron chi connectivity index (χ4n) is 1.60. The maximum Gasteiger partial charge on any atom is 0.314 e. The Kier molecular flexibility index (Phi) is 4.09. The summed E-state index contributed by atoms with van der Waals surface area (Å²) >= 11 is 0. The number of benzene rings is 1. The van der Waals surface area contributed by atoms with E-state index in [0.717, 1.165) is 6.07 Å². The lowest BCUT2D eigenvalue weighted by Gasteiger charge is -2.08. The van der Waals surface area contributed by atoms with Crippen molar-refractivity contribution in [2.24, 2.45) is 0 Å². The lowest BCUT2D eigenvalue weighted by atomic mass is 10.2. The third kappa shape index (κ3) is 3.00. The van der Waals surface area contributed by atoms with E-state index in [1.807, 2.05) is 0 Å². The van der Waals surface area contributed by atoms with Crippen molar-refractivity contribution in [2.45, 2.75) is 6.61 Å². The molecule has 7 heteroatoms. The fourth-order valence-corrected chi connectivity index (χ4v) is 1.60. The van der Waals surface area contributed by atoms with Crippen molar-refractivity contribution in [3.8, 4) is 5.75 Å². The Labute approximate surface area is 114 Å². The van der Waals surface area contributed by atoms with Crippen LogP contribution < -0.4 is 10.1 Å². The van der Waals surface area contributed by atoms with Crippen LogP contribution in [0.1, 0.15) is 5.56 Å². The van der Waals surface area contributed by atoms with Gasteiger partial charge in [0.1, 0.15) is 12.4 Å². The zero-order chi connectivity index (χ0) is 14.5. The number of halogens is 1. The summed E-state index contributed by atoms with van der Waals surface area (Å²) in [6, 6.07) is 7.05. The molecule has 6 nitrogen and oxygen atoms in total. The molecule has 0 radical (unpaired) electrons. The number of para-hydroxylation sites is 1. The average Bonchev–Trinajstić information content (AvgIpc) is 2.46. The fraction of sp³-hybridized carbons (Fsp3) is 0.154. The van der Waals surface area contributed by atoms with Crippen molar-refractivity contribution in [2.75, 3.05) is 12.4 Å². The van der Waals surface area contributed by atoms with Crippen molar-refractivity contribution in [3.05, 3.63) is 58.0 Å². The predicted octanol–water partition coefficient (Wildman–Crippen LogP) is 2.75. The van der Waals surface area contributed by atoms with E-state index in [9.17, 15) is 14.5 Å². The Bertz CT molecular complexity index is 617.